The van der Waals surface area contributed by atoms with E-state index in [0.717, 1.165) is 44.0 Å². The number of carbonyl (C=O) groups is 1. The Morgan fingerprint density at radius 2 is 1.93 bits per heavy atom. The average molecular weight is 385 g/mol. The molecule has 2 heterocycles. The minimum absolute atomic E-state index is 0.143. The first-order valence-corrected chi connectivity index (χ1v) is 10.8. The molecule has 1 aromatic carbocycles. The van der Waals surface area contributed by atoms with Gasteiger partial charge in [-0.3, -0.25) is 4.79 Å². The topological polar surface area (TPSA) is 32.8 Å². The zero-order chi connectivity index (χ0) is 18.6. The summed E-state index contributed by atoms with van der Waals surface area (Å²) in [4.78, 5) is 19.6. The largest absolute Gasteiger partial charge is 0.378 e. The molecule has 0 spiro atoms. The molecule has 4 rings (SSSR count). The lowest BCUT2D eigenvalue weighted by atomic mass is 10.1. The van der Waals surface area contributed by atoms with E-state index >= 15 is 0 Å². The molecular formula is C22H28N2O2S. The predicted molar refractivity (Wildman–Crippen MR) is 111 cm³/mol. The molecule has 0 atom stereocenters. The van der Waals surface area contributed by atoms with Gasteiger partial charge >= 0.3 is 0 Å². The van der Waals surface area contributed by atoms with Crippen LogP contribution < -0.4 is 4.90 Å². The molecule has 1 amide bonds. The second-order valence-corrected chi connectivity index (χ2v) is 8.65. The number of hydrogen-bond donors (Lipinski definition) is 0. The second kappa shape index (κ2) is 8.44. The zero-order valence-corrected chi connectivity index (χ0v) is 16.9. The fourth-order valence-corrected chi connectivity index (χ4v) is 5.29. The van der Waals surface area contributed by atoms with Crippen molar-refractivity contribution >= 4 is 22.9 Å². The van der Waals surface area contributed by atoms with Crippen molar-refractivity contribution in [3.63, 3.8) is 0 Å². The Labute approximate surface area is 165 Å². The quantitative estimate of drug-likeness (QED) is 0.743. The van der Waals surface area contributed by atoms with Crippen molar-refractivity contribution in [3.05, 3.63) is 51.2 Å². The third kappa shape index (κ3) is 4.19. The Morgan fingerprint density at radius 1 is 1.15 bits per heavy atom. The smallest absolute Gasteiger partial charge is 0.263 e. The molecule has 144 valence electrons. The molecule has 2 aliphatic rings. The van der Waals surface area contributed by atoms with E-state index in [1.165, 1.54) is 41.0 Å². The van der Waals surface area contributed by atoms with Gasteiger partial charge in [0, 0.05) is 37.2 Å². The van der Waals surface area contributed by atoms with E-state index < -0.39 is 0 Å². The predicted octanol–water partition coefficient (Wildman–Crippen LogP) is 4.13. The maximum Gasteiger partial charge on any atom is 0.263 e. The van der Waals surface area contributed by atoms with E-state index in [-0.39, 0.29) is 5.91 Å². The van der Waals surface area contributed by atoms with E-state index in [1.807, 2.05) is 11.9 Å². The maximum absolute atomic E-state index is 13.0. The van der Waals surface area contributed by atoms with E-state index in [2.05, 4.69) is 35.2 Å². The number of hydrogen-bond acceptors (Lipinski definition) is 4. The number of nitrogens with zero attached hydrogens (tertiary/aromatic N) is 2. The van der Waals surface area contributed by atoms with Crippen molar-refractivity contribution in [2.75, 3.05) is 38.3 Å². The summed E-state index contributed by atoms with van der Waals surface area (Å²) in [5, 5.41) is 0. The number of para-hydroxylation sites is 1. The molecule has 27 heavy (non-hydrogen) atoms. The summed E-state index contributed by atoms with van der Waals surface area (Å²) in [5.41, 5.74) is 3.83. The summed E-state index contributed by atoms with van der Waals surface area (Å²) < 4.78 is 5.48. The fraction of sp³-hybridized carbons (Fsp3) is 0.500. The summed E-state index contributed by atoms with van der Waals surface area (Å²) in [7, 11) is 1.92. The molecule has 1 aliphatic carbocycles. The number of thiophene rings is 1. The minimum atomic E-state index is 0.143. The fourth-order valence-electron chi connectivity index (χ4n) is 4.05. The number of benzene rings is 1. The highest BCUT2D eigenvalue weighted by Crippen LogP contribution is 2.30. The van der Waals surface area contributed by atoms with Crippen LogP contribution in [0.1, 0.15) is 44.9 Å². The van der Waals surface area contributed by atoms with E-state index in [1.54, 1.807) is 11.3 Å². The van der Waals surface area contributed by atoms with Crippen molar-refractivity contribution in [2.45, 2.75) is 38.6 Å². The van der Waals surface area contributed by atoms with Gasteiger partial charge in [-0.1, -0.05) is 24.6 Å². The number of anilines is 1. The molecule has 1 fully saturated rings. The van der Waals surface area contributed by atoms with Crippen LogP contribution in [0.25, 0.3) is 0 Å². The van der Waals surface area contributed by atoms with Crippen LogP contribution in [0.15, 0.2) is 30.3 Å². The third-order valence-corrected chi connectivity index (χ3v) is 6.78. The lowest BCUT2D eigenvalue weighted by Gasteiger charge is -2.31. The molecule has 1 saturated heterocycles. The zero-order valence-electron chi connectivity index (χ0n) is 16.1. The highest BCUT2D eigenvalue weighted by molar-refractivity contribution is 7.14. The number of fused-ring (bicyclic) bond motifs is 1. The molecule has 0 saturated carbocycles. The van der Waals surface area contributed by atoms with Crippen LogP contribution in [0, 0.1) is 0 Å². The van der Waals surface area contributed by atoms with Crippen LogP contribution in [0.4, 0.5) is 5.69 Å². The average Bonchev–Trinajstić information content (AvgIpc) is 2.99. The lowest BCUT2D eigenvalue weighted by Crippen LogP contribution is -2.37. The number of ether oxygens (including phenoxy) is 1. The Balaban J connectivity index is 1.49. The first kappa shape index (κ1) is 18.5. The molecule has 4 nitrogen and oxygen atoms in total. The molecule has 5 heteroatoms. The summed E-state index contributed by atoms with van der Waals surface area (Å²) in [6.45, 7) is 3.99. The number of carbonyl (C=O) groups excluding carboxylic acids is 1. The second-order valence-electron chi connectivity index (χ2n) is 7.51. The van der Waals surface area contributed by atoms with Crippen LogP contribution in [-0.4, -0.2) is 44.2 Å². The Hall–Kier alpha value is -1.85. The van der Waals surface area contributed by atoms with Crippen LogP contribution in [0.5, 0.6) is 0 Å². The Kier molecular flexibility index (Phi) is 5.79. The van der Waals surface area contributed by atoms with E-state index in [0.29, 0.717) is 6.54 Å². The summed E-state index contributed by atoms with van der Waals surface area (Å²) >= 11 is 1.71. The van der Waals surface area contributed by atoms with Crippen molar-refractivity contribution in [2.24, 2.45) is 0 Å². The van der Waals surface area contributed by atoms with Crippen LogP contribution in [0.3, 0.4) is 0 Å². The number of amides is 1. The van der Waals surface area contributed by atoms with Crippen molar-refractivity contribution < 1.29 is 9.53 Å². The Morgan fingerprint density at radius 3 is 2.78 bits per heavy atom. The van der Waals surface area contributed by atoms with Crippen molar-refractivity contribution in [1.82, 2.24) is 4.90 Å². The van der Waals surface area contributed by atoms with E-state index in [4.69, 9.17) is 4.74 Å². The molecule has 2 aromatic rings. The van der Waals surface area contributed by atoms with Gasteiger partial charge in [0.1, 0.15) is 0 Å². The van der Waals surface area contributed by atoms with Gasteiger partial charge in [0.15, 0.2) is 0 Å². The van der Waals surface area contributed by atoms with Crippen molar-refractivity contribution in [3.8, 4) is 0 Å². The highest BCUT2D eigenvalue weighted by atomic mass is 32.1. The van der Waals surface area contributed by atoms with Crippen LogP contribution in [-0.2, 0) is 24.1 Å². The number of rotatable bonds is 4. The Bertz CT molecular complexity index is 772. The van der Waals surface area contributed by atoms with Gasteiger partial charge < -0.3 is 14.5 Å². The minimum Gasteiger partial charge on any atom is -0.378 e. The summed E-state index contributed by atoms with van der Waals surface area (Å²) in [6, 6.07) is 10.6. The summed E-state index contributed by atoms with van der Waals surface area (Å²) in [5.74, 6) is 0.143. The van der Waals surface area contributed by atoms with E-state index in [9.17, 15) is 4.79 Å². The molecule has 0 N–H and O–H groups in total. The van der Waals surface area contributed by atoms with Gasteiger partial charge in [-0.15, -0.1) is 11.3 Å². The highest BCUT2D eigenvalue weighted by Gasteiger charge is 2.21. The standard InChI is InChI=1S/C22H28N2O2S/c1-23(22(25)21-15-17-7-3-2-4-10-20(17)27-21)16-18-8-5-6-9-19(18)24-11-13-26-14-12-24/h5-6,8-9,15H,2-4,7,10-14,16H2,1H3. The van der Waals surface area contributed by atoms with Crippen molar-refractivity contribution in [1.29, 1.82) is 0 Å². The molecule has 0 unspecified atom stereocenters. The van der Waals surface area contributed by atoms with Crippen LogP contribution in [0.2, 0.25) is 0 Å². The third-order valence-electron chi connectivity index (χ3n) is 5.55. The lowest BCUT2D eigenvalue weighted by molar-refractivity contribution is 0.0789. The first-order valence-electron chi connectivity index (χ1n) is 10.00. The molecule has 1 aromatic heterocycles. The molecular weight excluding hydrogens is 356 g/mol. The SMILES string of the molecule is CN(Cc1ccccc1N1CCOCC1)C(=O)c1cc2c(s1)CCCCC2. The van der Waals surface area contributed by atoms with Gasteiger partial charge in [0.2, 0.25) is 0 Å². The van der Waals surface area contributed by atoms with Gasteiger partial charge in [-0.25, -0.2) is 0 Å². The van der Waals surface area contributed by atoms with Crippen LogP contribution >= 0.6 is 11.3 Å². The maximum atomic E-state index is 13.0. The van der Waals surface area contributed by atoms with Gasteiger partial charge in [-0.05, 0) is 48.9 Å². The number of morpholine rings is 1. The molecule has 0 bridgehead atoms. The summed E-state index contributed by atoms with van der Waals surface area (Å²) in [6.07, 6.45) is 6.08. The first-order chi connectivity index (χ1) is 13.2. The monoisotopic (exact) mass is 384 g/mol. The normalized spacial score (nSPS) is 17.3. The van der Waals surface area contributed by atoms with Gasteiger partial charge in [0.25, 0.3) is 5.91 Å². The molecule has 0 radical (unpaired) electrons. The molecule has 1 aliphatic heterocycles. The number of aryl methyl sites for hydroxylation is 2. The van der Waals surface area contributed by atoms with Gasteiger partial charge in [-0.2, -0.15) is 0 Å². The van der Waals surface area contributed by atoms with Gasteiger partial charge in [0.05, 0.1) is 18.1 Å².